The third-order valence-electron chi connectivity index (χ3n) is 5.47. The molecule has 3 rings (SSSR count). The molecular weight excluding hydrogens is 306 g/mol. The van der Waals surface area contributed by atoms with Crippen molar-refractivity contribution in [2.45, 2.75) is 58.0 Å². The van der Waals surface area contributed by atoms with Gasteiger partial charge in [-0.3, -0.25) is 9.69 Å². The maximum Gasteiger partial charge on any atom is 0.339 e. The van der Waals surface area contributed by atoms with Gasteiger partial charge in [0, 0.05) is 24.3 Å². The molecule has 132 valence electrons. The summed E-state index contributed by atoms with van der Waals surface area (Å²) in [6.07, 6.45) is 5.30. The highest BCUT2D eigenvalue weighted by atomic mass is 16.5. The highest BCUT2D eigenvalue weighted by molar-refractivity contribution is 6.00. The van der Waals surface area contributed by atoms with Crippen LogP contribution in [0.2, 0.25) is 0 Å². The Morgan fingerprint density at radius 1 is 1.29 bits per heavy atom. The first-order valence-corrected chi connectivity index (χ1v) is 8.91. The number of rotatable bonds is 4. The van der Waals surface area contributed by atoms with Crippen LogP contribution in [0.15, 0.2) is 0 Å². The normalized spacial score (nSPS) is 23.8. The lowest BCUT2D eigenvalue weighted by molar-refractivity contribution is 0.0599. The lowest BCUT2D eigenvalue weighted by Gasteiger charge is -2.32. The Morgan fingerprint density at radius 2 is 2.08 bits per heavy atom. The van der Waals surface area contributed by atoms with Crippen molar-refractivity contribution >= 4 is 11.9 Å². The molecule has 2 N–H and O–H groups in total. The number of fused-ring (bicyclic) bond motifs is 1. The number of carbonyl (C=O) groups is 2. The van der Waals surface area contributed by atoms with Gasteiger partial charge >= 0.3 is 5.97 Å². The lowest BCUT2D eigenvalue weighted by Crippen LogP contribution is -2.47. The summed E-state index contributed by atoms with van der Waals surface area (Å²) < 4.78 is 4.86. The molecule has 2 fully saturated rings. The zero-order valence-corrected chi connectivity index (χ0v) is 14.8. The molecule has 2 atom stereocenters. The third kappa shape index (κ3) is 2.95. The SMILES string of the molecule is CCc1[nH]c(C(=O)N[C@@H]2CCN3CCCC[C@@H]23)c(C)c1C(=O)OC. The molecule has 0 saturated carbocycles. The molecule has 6 nitrogen and oxygen atoms in total. The second kappa shape index (κ2) is 6.97. The van der Waals surface area contributed by atoms with E-state index >= 15 is 0 Å². The van der Waals surface area contributed by atoms with Crippen LogP contribution < -0.4 is 5.32 Å². The van der Waals surface area contributed by atoms with Crippen molar-refractivity contribution in [2.75, 3.05) is 20.2 Å². The van der Waals surface area contributed by atoms with Crippen LogP contribution >= 0.6 is 0 Å². The van der Waals surface area contributed by atoms with Gasteiger partial charge in [0.1, 0.15) is 5.69 Å². The first-order chi connectivity index (χ1) is 11.6. The summed E-state index contributed by atoms with van der Waals surface area (Å²) in [7, 11) is 1.37. The summed E-state index contributed by atoms with van der Waals surface area (Å²) >= 11 is 0. The molecule has 24 heavy (non-hydrogen) atoms. The molecule has 0 bridgehead atoms. The molecule has 2 aliphatic rings. The Balaban J connectivity index is 1.78. The average Bonchev–Trinajstić information content (AvgIpc) is 3.15. The van der Waals surface area contributed by atoms with Gasteiger partial charge in [0.15, 0.2) is 0 Å². The van der Waals surface area contributed by atoms with Crippen LogP contribution in [0.3, 0.4) is 0 Å². The van der Waals surface area contributed by atoms with Crippen LogP contribution in [0.5, 0.6) is 0 Å². The number of carbonyl (C=O) groups excluding carboxylic acids is 2. The maximum atomic E-state index is 12.8. The second-order valence-corrected chi connectivity index (χ2v) is 6.79. The number of nitrogens with one attached hydrogen (secondary N) is 2. The van der Waals surface area contributed by atoms with Crippen LogP contribution in [0.25, 0.3) is 0 Å². The van der Waals surface area contributed by atoms with Gasteiger partial charge in [-0.2, -0.15) is 0 Å². The summed E-state index contributed by atoms with van der Waals surface area (Å²) in [5, 5.41) is 3.19. The predicted molar refractivity (Wildman–Crippen MR) is 91.3 cm³/mol. The topological polar surface area (TPSA) is 74.4 Å². The Labute approximate surface area is 142 Å². The summed E-state index contributed by atoms with van der Waals surface area (Å²) in [6, 6.07) is 0.663. The number of piperidine rings is 1. The van der Waals surface area contributed by atoms with E-state index < -0.39 is 0 Å². The average molecular weight is 333 g/mol. The largest absolute Gasteiger partial charge is 0.465 e. The number of aromatic amines is 1. The van der Waals surface area contributed by atoms with Crippen molar-refractivity contribution in [3.63, 3.8) is 0 Å². The summed E-state index contributed by atoms with van der Waals surface area (Å²) in [5.74, 6) is -0.506. The predicted octanol–water partition coefficient (Wildman–Crippen LogP) is 2.03. The summed E-state index contributed by atoms with van der Waals surface area (Å²) in [4.78, 5) is 30.4. The lowest BCUT2D eigenvalue weighted by atomic mass is 9.99. The van der Waals surface area contributed by atoms with Crippen molar-refractivity contribution in [1.82, 2.24) is 15.2 Å². The van der Waals surface area contributed by atoms with Crippen LogP contribution in [0, 0.1) is 6.92 Å². The number of aryl methyl sites for hydroxylation is 1. The number of hydrogen-bond acceptors (Lipinski definition) is 4. The van der Waals surface area contributed by atoms with E-state index in [9.17, 15) is 9.59 Å². The quantitative estimate of drug-likeness (QED) is 0.827. The van der Waals surface area contributed by atoms with E-state index in [0.717, 1.165) is 31.6 Å². The number of H-pyrrole nitrogens is 1. The van der Waals surface area contributed by atoms with Gasteiger partial charge in [-0.05, 0) is 44.7 Å². The molecule has 2 saturated heterocycles. The monoisotopic (exact) mass is 333 g/mol. The molecule has 0 aromatic carbocycles. The summed E-state index contributed by atoms with van der Waals surface area (Å²) in [5.41, 5.74) is 2.42. The molecule has 1 amide bonds. The second-order valence-electron chi connectivity index (χ2n) is 6.79. The molecule has 1 aromatic rings. The molecule has 0 spiro atoms. The van der Waals surface area contributed by atoms with E-state index in [2.05, 4.69) is 15.2 Å². The Bertz CT molecular complexity index is 638. The van der Waals surface area contributed by atoms with Crippen LogP contribution in [-0.4, -0.2) is 54.0 Å². The minimum Gasteiger partial charge on any atom is -0.465 e. The Hall–Kier alpha value is -1.82. The third-order valence-corrected chi connectivity index (χ3v) is 5.47. The van der Waals surface area contributed by atoms with Gasteiger partial charge < -0.3 is 15.0 Å². The fourth-order valence-electron chi connectivity index (χ4n) is 4.19. The van der Waals surface area contributed by atoms with Gasteiger partial charge in [0.2, 0.25) is 0 Å². The number of methoxy groups -OCH3 is 1. The molecule has 0 aliphatic carbocycles. The summed E-state index contributed by atoms with van der Waals surface area (Å²) in [6.45, 7) is 5.96. The zero-order chi connectivity index (χ0) is 17.3. The van der Waals surface area contributed by atoms with E-state index in [-0.39, 0.29) is 17.9 Å². The molecule has 3 heterocycles. The molecular formula is C18H27N3O3. The van der Waals surface area contributed by atoms with Crippen LogP contribution in [0.1, 0.15) is 64.7 Å². The minimum absolute atomic E-state index is 0.116. The van der Waals surface area contributed by atoms with Crippen LogP contribution in [0.4, 0.5) is 0 Å². The fourth-order valence-corrected chi connectivity index (χ4v) is 4.19. The van der Waals surface area contributed by atoms with E-state index in [1.807, 2.05) is 6.92 Å². The van der Waals surface area contributed by atoms with Crippen LogP contribution in [-0.2, 0) is 11.2 Å². The highest BCUT2D eigenvalue weighted by Crippen LogP contribution is 2.28. The number of hydrogen-bond donors (Lipinski definition) is 2. The van der Waals surface area contributed by atoms with E-state index in [0.29, 0.717) is 29.3 Å². The standard InChI is InChI=1S/C18H27N3O3/c1-4-12-15(18(23)24-3)11(2)16(19-12)17(22)20-13-8-10-21-9-6-5-7-14(13)21/h13-14,19H,4-10H2,1-3H3,(H,20,22)/t13-,14+/m1/s1. The Kier molecular flexibility index (Phi) is 4.94. The maximum absolute atomic E-state index is 12.8. The number of aromatic nitrogens is 1. The van der Waals surface area contributed by atoms with E-state index in [4.69, 9.17) is 4.74 Å². The number of amides is 1. The highest BCUT2D eigenvalue weighted by Gasteiger charge is 2.37. The van der Waals surface area contributed by atoms with E-state index in [1.165, 1.54) is 20.0 Å². The number of nitrogens with zero attached hydrogens (tertiary/aromatic N) is 1. The van der Waals surface area contributed by atoms with Crippen molar-refractivity contribution in [1.29, 1.82) is 0 Å². The fraction of sp³-hybridized carbons (Fsp3) is 0.667. The van der Waals surface area contributed by atoms with Gasteiger partial charge in [-0.25, -0.2) is 4.79 Å². The van der Waals surface area contributed by atoms with Crippen molar-refractivity contribution in [2.24, 2.45) is 0 Å². The first-order valence-electron chi connectivity index (χ1n) is 8.91. The zero-order valence-electron chi connectivity index (χ0n) is 14.8. The van der Waals surface area contributed by atoms with Gasteiger partial charge in [0.05, 0.1) is 12.7 Å². The molecule has 0 unspecified atom stereocenters. The van der Waals surface area contributed by atoms with Crippen molar-refractivity contribution in [3.05, 3.63) is 22.5 Å². The minimum atomic E-state index is -0.390. The smallest absolute Gasteiger partial charge is 0.339 e. The van der Waals surface area contributed by atoms with Gasteiger partial charge in [-0.1, -0.05) is 13.3 Å². The molecule has 0 radical (unpaired) electrons. The van der Waals surface area contributed by atoms with Crippen molar-refractivity contribution < 1.29 is 14.3 Å². The molecule has 6 heteroatoms. The van der Waals surface area contributed by atoms with Gasteiger partial charge in [-0.15, -0.1) is 0 Å². The molecule has 2 aliphatic heterocycles. The van der Waals surface area contributed by atoms with Gasteiger partial charge in [0.25, 0.3) is 5.91 Å². The molecule has 1 aromatic heterocycles. The number of ether oxygens (including phenoxy) is 1. The van der Waals surface area contributed by atoms with E-state index in [1.54, 1.807) is 6.92 Å². The first kappa shape index (κ1) is 17.0. The Morgan fingerprint density at radius 3 is 2.79 bits per heavy atom. The number of esters is 1. The van der Waals surface area contributed by atoms with Crippen molar-refractivity contribution in [3.8, 4) is 0 Å².